The number of halogens is 2. The van der Waals surface area contributed by atoms with E-state index in [9.17, 15) is 13.6 Å². The molecule has 0 aromatic heterocycles. The summed E-state index contributed by atoms with van der Waals surface area (Å²) in [6.07, 6.45) is -0.932. The first-order valence-electron chi connectivity index (χ1n) is 4.90. The zero-order valence-electron chi connectivity index (χ0n) is 8.90. The number of rotatable bonds is 6. The quantitative estimate of drug-likeness (QED) is 0.757. The Bertz CT molecular complexity index is 378. The van der Waals surface area contributed by atoms with E-state index in [-0.39, 0.29) is 11.5 Å². The van der Waals surface area contributed by atoms with Crippen molar-refractivity contribution in [1.82, 2.24) is 0 Å². The van der Waals surface area contributed by atoms with Crippen molar-refractivity contribution < 1.29 is 23.8 Å². The van der Waals surface area contributed by atoms with Crippen LogP contribution in [0.1, 0.15) is 10.4 Å². The number of hydrogen-bond acceptors (Lipinski definition) is 4. The number of thioether (sulfide) groups is 1. The lowest BCUT2D eigenvalue weighted by Gasteiger charge is -2.06. The Kier molecular flexibility index (Phi) is 5.54. The van der Waals surface area contributed by atoms with Crippen LogP contribution in [-0.2, 0) is 0 Å². The summed E-state index contributed by atoms with van der Waals surface area (Å²) in [6.45, 7) is -0.407. The largest absolute Gasteiger partial charge is 0.394 e. The summed E-state index contributed by atoms with van der Waals surface area (Å²) in [5, 5.41) is 17.6. The zero-order valence-corrected chi connectivity index (χ0v) is 9.71. The van der Waals surface area contributed by atoms with Crippen LogP contribution in [0.3, 0.4) is 0 Å². The van der Waals surface area contributed by atoms with Crippen molar-refractivity contribution in [3.05, 3.63) is 35.4 Å². The maximum absolute atomic E-state index is 13.2. The van der Waals surface area contributed by atoms with Crippen molar-refractivity contribution in [2.24, 2.45) is 0 Å². The molecule has 0 aliphatic heterocycles. The van der Waals surface area contributed by atoms with Gasteiger partial charge in [-0.3, -0.25) is 4.79 Å². The molecule has 0 spiro atoms. The van der Waals surface area contributed by atoms with E-state index in [1.807, 2.05) is 0 Å². The fraction of sp³-hybridized carbons (Fsp3) is 0.364. The molecule has 3 nitrogen and oxygen atoms in total. The summed E-state index contributed by atoms with van der Waals surface area (Å²) >= 11 is 1.01. The first-order chi connectivity index (χ1) is 8.06. The maximum atomic E-state index is 13.2. The van der Waals surface area contributed by atoms with Crippen LogP contribution in [0.5, 0.6) is 0 Å². The minimum atomic E-state index is -0.932. The Morgan fingerprint density at radius 2 is 1.94 bits per heavy atom. The van der Waals surface area contributed by atoms with Crippen molar-refractivity contribution in [3.63, 3.8) is 0 Å². The van der Waals surface area contributed by atoms with Gasteiger partial charge in [-0.25, -0.2) is 8.78 Å². The van der Waals surface area contributed by atoms with Crippen LogP contribution in [0.15, 0.2) is 18.2 Å². The van der Waals surface area contributed by atoms with E-state index in [1.54, 1.807) is 0 Å². The van der Waals surface area contributed by atoms with Crippen molar-refractivity contribution in [3.8, 4) is 0 Å². The Hall–Kier alpha value is -0.980. The molecule has 0 heterocycles. The van der Waals surface area contributed by atoms with Crippen LogP contribution in [0.25, 0.3) is 0 Å². The lowest BCUT2D eigenvalue weighted by Crippen LogP contribution is -2.17. The van der Waals surface area contributed by atoms with Gasteiger partial charge >= 0.3 is 0 Å². The molecule has 0 saturated heterocycles. The van der Waals surface area contributed by atoms with E-state index in [1.165, 1.54) is 6.07 Å². The van der Waals surface area contributed by atoms with Gasteiger partial charge in [-0.15, -0.1) is 0 Å². The average molecular weight is 262 g/mol. The second-order valence-corrected chi connectivity index (χ2v) is 4.40. The monoisotopic (exact) mass is 262 g/mol. The third-order valence-electron chi connectivity index (χ3n) is 2.00. The number of ketones is 1. The molecular formula is C11H12F2O3S. The van der Waals surface area contributed by atoms with Gasteiger partial charge in [0.15, 0.2) is 5.78 Å². The molecule has 0 aliphatic carbocycles. The standard InChI is InChI=1S/C11H12F2O3S/c12-8-2-1-3-9(13)11(8)10(16)6-17-5-7(15)4-14/h1-3,7,14-15H,4-6H2. The number of aliphatic hydroxyl groups excluding tert-OH is 2. The summed E-state index contributed by atoms with van der Waals surface area (Å²) in [4.78, 5) is 11.5. The summed E-state index contributed by atoms with van der Waals surface area (Å²) < 4.78 is 26.4. The van der Waals surface area contributed by atoms with Crippen LogP contribution in [0.2, 0.25) is 0 Å². The van der Waals surface area contributed by atoms with Gasteiger partial charge < -0.3 is 10.2 Å². The van der Waals surface area contributed by atoms with Gasteiger partial charge in [0.2, 0.25) is 0 Å². The van der Waals surface area contributed by atoms with E-state index < -0.39 is 35.7 Å². The van der Waals surface area contributed by atoms with Gasteiger partial charge in [0.1, 0.15) is 11.6 Å². The molecule has 2 N–H and O–H groups in total. The summed E-state index contributed by atoms with van der Waals surface area (Å²) in [7, 11) is 0. The van der Waals surface area contributed by atoms with Crippen molar-refractivity contribution >= 4 is 17.5 Å². The fourth-order valence-corrected chi connectivity index (χ4v) is 2.00. The topological polar surface area (TPSA) is 57.5 Å². The van der Waals surface area contributed by atoms with E-state index in [0.717, 1.165) is 23.9 Å². The highest BCUT2D eigenvalue weighted by molar-refractivity contribution is 8.00. The molecule has 94 valence electrons. The van der Waals surface area contributed by atoms with E-state index in [2.05, 4.69) is 0 Å². The molecule has 17 heavy (non-hydrogen) atoms. The molecule has 0 saturated carbocycles. The lowest BCUT2D eigenvalue weighted by molar-refractivity contribution is 0.101. The first-order valence-corrected chi connectivity index (χ1v) is 6.05. The number of Topliss-reactive ketones (excluding diaryl/α,β-unsaturated/α-hetero) is 1. The molecule has 0 radical (unpaired) electrons. The molecule has 1 aromatic carbocycles. The number of benzene rings is 1. The van der Waals surface area contributed by atoms with Gasteiger partial charge in [-0.1, -0.05) is 6.07 Å². The Labute approximate surface area is 101 Å². The molecule has 0 fully saturated rings. The van der Waals surface area contributed by atoms with E-state index >= 15 is 0 Å². The molecule has 1 unspecified atom stereocenters. The predicted molar refractivity (Wildman–Crippen MR) is 61.1 cm³/mol. The summed E-state index contributed by atoms with van der Waals surface area (Å²) in [6, 6.07) is 3.22. The highest BCUT2D eigenvalue weighted by Gasteiger charge is 2.17. The highest BCUT2D eigenvalue weighted by atomic mass is 32.2. The minimum Gasteiger partial charge on any atom is -0.394 e. The van der Waals surface area contributed by atoms with Crippen LogP contribution in [-0.4, -0.2) is 40.2 Å². The summed E-state index contributed by atoms with van der Waals surface area (Å²) in [5.41, 5.74) is -0.557. The third-order valence-corrected chi connectivity index (χ3v) is 3.08. The zero-order chi connectivity index (χ0) is 12.8. The third kappa shape index (κ3) is 4.07. The normalized spacial score (nSPS) is 12.5. The summed E-state index contributed by atoms with van der Waals surface area (Å²) in [5.74, 6) is -2.46. The predicted octanol–water partition coefficient (Wildman–Crippen LogP) is 1.23. The number of aliphatic hydroxyl groups is 2. The van der Waals surface area contributed by atoms with Crippen LogP contribution < -0.4 is 0 Å². The second kappa shape index (κ2) is 6.68. The van der Waals surface area contributed by atoms with Gasteiger partial charge in [0.05, 0.1) is 24.0 Å². The van der Waals surface area contributed by atoms with Gasteiger partial charge in [-0.05, 0) is 12.1 Å². The minimum absolute atomic E-state index is 0.137. The van der Waals surface area contributed by atoms with Gasteiger partial charge in [0.25, 0.3) is 0 Å². The molecule has 0 amide bonds. The number of hydrogen-bond donors (Lipinski definition) is 2. The Morgan fingerprint density at radius 1 is 1.35 bits per heavy atom. The average Bonchev–Trinajstić information content (AvgIpc) is 2.28. The highest BCUT2D eigenvalue weighted by Crippen LogP contribution is 2.15. The molecular weight excluding hydrogens is 250 g/mol. The molecule has 1 aromatic rings. The molecule has 0 aliphatic rings. The maximum Gasteiger partial charge on any atom is 0.178 e. The van der Waals surface area contributed by atoms with Crippen LogP contribution >= 0.6 is 11.8 Å². The lowest BCUT2D eigenvalue weighted by atomic mass is 10.1. The van der Waals surface area contributed by atoms with Gasteiger partial charge in [0, 0.05) is 5.75 Å². The number of carbonyl (C=O) groups is 1. The Balaban J connectivity index is 2.59. The number of carbonyl (C=O) groups excluding carboxylic acids is 1. The SMILES string of the molecule is O=C(CSCC(O)CO)c1c(F)cccc1F. The van der Waals surface area contributed by atoms with Crippen molar-refractivity contribution in [2.75, 3.05) is 18.1 Å². The Morgan fingerprint density at radius 3 is 2.47 bits per heavy atom. The molecule has 1 rings (SSSR count). The van der Waals surface area contributed by atoms with Gasteiger partial charge in [-0.2, -0.15) is 11.8 Å². The second-order valence-electron chi connectivity index (χ2n) is 3.37. The smallest absolute Gasteiger partial charge is 0.178 e. The molecule has 6 heteroatoms. The molecule has 0 bridgehead atoms. The first kappa shape index (κ1) is 14.1. The van der Waals surface area contributed by atoms with Crippen LogP contribution in [0.4, 0.5) is 8.78 Å². The fourth-order valence-electron chi connectivity index (χ4n) is 1.18. The van der Waals surface area contributed by atoms with E-state index in [0.29, 0.717) is 0 Å². The van der Waals surface area contributed by atoms with E-state index in [4.69, 9.17) is 10.2 Å². The van der Waals surface area contributed by atoms with Crippen molar-refractivity contribution in [1.29, 1.82) is 0 Å². The molecule has 1 atom stereocenters. The van der Waals surface area contributed by atoms with Crippen molar-refractivity contribution in [2.45, 2.75) is 6.10 Å². The van der Waals surface area contributed by atoms with Crippen LogP contribution in [0, 0.1) is 11.6 Å².